The minimum Gasteiger partial charge on any atom is -0.462 e. The number of benzene rings is 2. The number of hydrogen-bond donors (Lipinski definition) is 1. The van der Waals surface area contributed by atoms with Crippen LogP contribution in [0.5, 0.6) is 0 Å². The number of non-ortho nitro benzene ring substituents is 1. The Kier molecular flexibility index (Phi) is 7.56. The SMILES string of the molecule is CCOC(=O)c1ccc(NC(=O)C(C)N2C(=O)/C(=C/c3ccc([N+](=O)[O-])cc3)SC2=S)cc1. The lowest BCUT2D eigenvalue weighted by Crippen LogP contribution is -2.44. The summed E-state index contributed by atoms with van der Waals surface area (Å²) < 4.78 is 5.15. The Morgan fingerprint density at radius 2 is 1.85 bits per heavy atom. The van der Waals surface area contributed by atoms with Gasteiger partial charge < -0.3 is 10.1 Å². The van der Waals surface area contributed by atoms with Gasteiger partial charge in [-0.05, 0) is 61.9 Å². The van der Waals surface area contributed by atoms with Gasteiger partial charge in [0, 0.05) is 17.8 Å². The summed E-state index contributed by atoms with van der Waals surface area (Å²) in [6, 6.07) is 11.1. The van der Waals surface area contributed by atoms with E-state index in [0.717, 1.165) is 11.8 Å². The van der Waals surface area contributed by atoms with Gasteiger partial charge in [-0.3, -0.25) is 24.6 Å². The summed E-state index contributed by atoms with van der Waals surface area (Å²) in [6.45, 7) is 3.53. The number of thiocarbonyl (C=S) groups is 1. The van der Waals surface area contributed by atoms with Crippen molar-refractivity contribution in [1.82, 2.24) is 4.90 Å². The van der Waals surface area contributed by atoms with Crippen LogP contribution in [0, 0.1) is 10.1 Å². The normalized spacial score (nSPS) is 15.5. The number of nitrogens with zero attached hydrogens (tertiary/aromatic N) is 2. The number of amides is 2. The van der Waals surface area contributed by atoms with E-state index in [1.807, 2.05) is 0 Å². The third-order valence-corrected chi connectivity index (χ3v) is 5.99. The van der Waals surface area contributed by atoms with E-state index < -0.39 is 28.7 Å². The molecule has 11 heteroatoms. The van der Waals surface area contributed by atoms with Gasteiger partial charge in [0.2, 0.25) is 5.91 Å². The highest BCUT2D eigenvalue weighted by molar-refractivity contribution is 8.26. The maximum atomic E-state index is 12.9. The second-order valence-electron chi connectivity index (χ2n) is 6.86. The first-order valence-corrected chi connectivity index (χ1v) is 11.0. The van der Waals surface area contributed by atoms with Crippen molar-refractivity contribution < 1.29 is 24.0 Å². The van der Waals surface area contributed by atoms with Crippen molar-refractivity contribution in [3.05, 3.63) is 74.7 Å². The molecule has 0 radical (unpaired) electrons. The number of carbonyl (C=O) groups is 3. The third-order valence-electron chi connectivity index (χ3n) is 4.66. The minimum atomic E-state index is -0.884. The van der Waals surface area contributed by atoms with Crippen molar-refractivity contribution in [2.75, 3.05) is 11.9 Å². The van der Waals surface area contributed by atoms with Gasteiger partial charge in [0.25, 0.3) is 11.6 Å². The average Bonchev–Trinajstić information content (AvgIpc) is 3.06. The van der Waals surface area contributed by atoms with Gasteiger partial charge in [0.05, 0.1) is 22.0 Å². The first-order chi connectivity index (χ1) is 15.7. The van der Waals surface area contributed by atoms with Crippen LogP contribution in [-0.2, 0) is 14.3 Å². The maximum absolute atomic E-state index is 12.9. The quantitative estimate of drug-likeness (QED) is 0.206. The Hall–Kier alpha value is -3.57. The molecule has 0 bridgehead atoms. The first kappa shape index (κ1) is 24.1. The van der Waals surface area contributed by atoms with Gasteiger partial charge in [-0.15, -0.1) is 0 Å². The molecule has 1 N–H and O–H groups in total. The molecule has 1 unspecified atom stereocenters. The number of rotatable bonds is 7. The van der Waals surface area contributed by atoms with Gasteiger partial charge in [0.1, 0.15) is 10.4 Å². The van der Waals surface area contributed by atoms with E-state index in [9.17, 15) is 24.5 Å². The molecular formula is C22H19N3O6S2. The lowest BCUT2D eigenvalue weighted by Gasteiger charge is -2.22. The fraction of sp³-hybridized carbons (Fsp3) is 0.182. The van der Waals surface area contributed by atoms with Crippen molar-refractivity contribution in [1.29, 1.82) is 0 Å². The second-order valence-corrected chi connectivity index (χ2v) is 8.54. The van der Waals surface area contributed by atoms with Crippen LogP contribution < -0.4 is 5.32 Å². The van der Waals surface area contributed by atoms with E-state index in [-0.39, 0.29) is 16.6 Å². The van der Waals surface area contributed by atoms with E-state index in [1.165, 1.54) is 41.3 Å². The maximum Gasteiger partial charge on any atom is 0.338 e. The van der Waals surface area contributed by atoms with Crippen LogP contribution in [0.2, 0.25) is 0 Å². The predicted molar refractivity (Wildman–Crippen MR) is 129 cm³/mol. The largest absolute Gasteiger partial charge is 0.462 e. The molecule has 1 atom stereocenters. The van der Waals surface area contributed by atoms with Crippen LogP contribution in [0.15, 0.2) is 53.4 Å². The molecule has 1 saturated heterocycles. The van der Waals surface area contributed by atoms with Crippen LogP contribution in [-0.4, -0.2) is 44.6 Å². The Balaban J connectivity index is 1.69. The fourth-order valence-electron chi connectivity index (χ4n) is 2.93. The zero-order valence-corrected chi connectivity index (χ0v) is 19.3. The topological polar surface area (TPSA) is 119 Å². The molecule has 0 spiro atoms. The standard InChI is InChI=1S/C22H19N3O6S2/c1-3-31-21(28)15-6-8-16(9-7-15)23-19(26)13(2)24-20(27)18(33-22(24)32)12-14-4-10-17(11-5-14)25(29)30/h4-13H,3H2,1-2H3,(H,23,26)/b18-12-. The van der Waals surface area contributed by atoms with Crippen molar-refractivity contribution >= 4 is 63.5 Å². The highest BCUT2D eigenvalue weighted by Crippen LogP contribution is 2.34. The zero-order valence-electron chi connectivity index (χ0n) is 17.6. The number of thioether (sulfide) groups is 1. The number of nitro benzene ring substituents is 1. The van der Waals surface area contributed by atoms with E-state index in [2.05, 4.69) is 5.32 Å². The molecule has 1 aliphatic rings. The number of nitro groups is 1. The molecule has 9 nitrogen and oxygen atoms in total. The number of ether oxygens (including phenoxy) is 1. The van der Waals surface area contributed by atoms with Crippen molar-refractivity contribution in [3.8, 4) is 0 Å². The summed E-state index contributed by atoms with van der Waals surface area (Å²) in [4.78, 5) is 49.2. The molecule has 1 fully saturated rings. The van der Waals surface area contributed by atoms with Crippen molar-refractivity contribution in [2.24, 2.45) is 0 Å². The molecule has 0 saturated carbocycles. The monoisotopic (exact) mass is 485 g/mol. The number of hydrogen-bond acceptors (Lipinski definition) is 8. The van der Waals surface area contributed by atoms with E-state index in [4.69, 9.17) is 17.0 Å². The van der Waals surface area contributed by atoms with E-state index in [0.29, 0.717) is 21.7 Å². The number of esters is 1. The molecule has 2 aromatic carbocycles. The molecule has 2 aromatic rings. The smallest absolute Gasteiger partial charge is 0.338 e. The van der Waals surface area contributed by atoms with E-state index in [1.54, 1.807) is 32.1 Å². The Bertz CT molecular complexity index is 1150. The highest BCUT2D eigenvalue weighted by Gasteiger charge is 2.38. The lowest BCUT2D eigenvalue weighted by molar-refractivity contribution is -0.384. The third kappa shape index (κ3) is 5.62. The molecule has 2 amide bonds. The minimum absolute atomic E-state index is 0.0553. The average molecular weight is 486 g/mol. The molecule has 1 heterocycles. The molecule has 33 heavy (non-hydrogen) atoms. The van der Waals surface area contributed by atoms with Crippen LogP contribution in [0.25, 0.3) is 6.08 Å². The van der Waals surface area contributed by atoms with E-state index >= 15 is 0 Å². The molecule has 0 aromatic heterocycles. The van der Waals surface area contributed by atoms with Crippen molar-refractivity contribution in [2.45, 2.75) is 19.9 Å². The van der Waals surface area contributed by atoms with Gasteiger partial charge in [-0.1, -0.05) is 24.0 Å². The fourth-order valence-corrected chi connectivity index (χ4v) is 4.34. The summed E-state index contributed by atoms with van der Waals surface area (Å²) in [6.07, 6.45) is 1.57. The molecule has 1 aliphatic heterocycles. The Labute approximate surface area is 198 Å². The number of anilines is 1. The molecule has 0 aliphatic carbocycles. The van der Waals surface area contributed by atoms with Crippen LogP contribution >= 0.6 is 24.0 Å². The van der Waals surface area contributed by atoms with Crippen molar-refractivity contribution in [3.63, 3.8) is 0 Å². The summed E-state index contributed by atoms with van der Waals surface area (Å²) in [7, 11) is 0. The van der Waals surface area contributed by atoms with Gasteiger partial charge in [-0.25, -0.2) is 4.79 Å². The Morgan fingerprint density at radius 1 is 1.21 bits per heavy atom. The zero-order chi connectivity index (χ0) is 24.1. The van der Waals surface area contributed by atoms with Gasteiger partial charge in [-0.2, -0.15) is 0 Å². The molecule has 3 rings (SSSR count). The summed E-state index contributed by atoms with van der Waals surface area (Å²) in [5.41, 5.74) is 1.35. The van der Waals surface area contributed by atoms with Crippen LogP contribution in [0.4, 0.5) is 11.4 Å². The Morgan fingerprint density at radius 3 is 2.42 bits per heavy atom. The molecule has 170 valence electrons. The number of carbonyl (C=O) groups excluding carboxylic acids is 3. The number of nitrogens with one attached hydrogen (secondary N) is 1. The summed E-state index contributed by atoms with van der Waals surface area (Å²) in [5, 5.41) is 13.5. The van der Waals surface area contributed by atoms with Crippen LogP contribution in [0.3, 0.4) is 0 Å². The summed E-state index contributed by atoms with van der Waals surface area (Å²) in [5.74, 6) is -1.34. The van der Waals surface area contributed by atoms with Gasteiger partial charge in [0.15, 0.2) is 0 Å². The highest BCUT2D eigenvalue weighted by atomic mass is 32.2. The molecular weight excluding hydrogens is 466 g/mol. The summed E-state index contributed by atoms with van der Waals surface area (Å²) >= 11 is 6.36. The van der Waals surface area contributed by atoms with Gasteiger partial charge >= 0.3 is 5.97 Å². The predicted octanol–water partition coefficient (Wildman–Crippen LogP) is 4.00. The lowest BCUT2D eigenvalue weighted by atomic mass is 10.2. The second kappa shape index (κ2) is 10.4. The van der Waals surface area contributed by atoms with Crippen LogP contribution in [0.1, 0.15) is 29.8 Å². The first-order valence-electron chi connectivity index (χ1n) is 9.80.